The summed E-state index contributed by atoms with van der Waals surface area (Å²) in [6, 6.07) is 10.2. The second kappa shape index (κ2) is 20.5. The maximum atomic E-state index is 14.3. The van der Waals surface area contributed by atoms with E-state index in [0.717, 1.165) is 22.0 Å². The Morgan fingerprint density at radius 3 is 2.47 bits per heavy atom. The number of H-pyrrole nitrogens is 1. The van der Waals surface area contributed by atoms with Crippen molar-refractivity contribution in [1.82, 2.24) is 45.9 Å². The van der Waals surface area contributed by atoms with Crippen LogP contribution in [0.3, 0.4) is 0 Å². The number of aromatic amines is 1. The summed E-state index contributed by atoms with van der Waals surface area (Å²) < 4.78 is 17.7. The molecule has 0 fully saturated rings. The zero-order valence-electron chi connectivity index (χ0n) is 34.1. The molecule has 0 bridgehead atoms. The van der Waals surface area contributed by atoms with E-state index in [2.05, 4.69) is 31.3 Å². The zero-order chi connectivity index (χ0) is 41.8. The number of aromatic nitrogens is 4. The average molecular weight is 802 g/mol. The Kier molecular flexibility index (Phi) is 15.2. The number of para-hydroxylation sites is 1. The Morgan fingerprint density at radius 1 is 0.948 bits per heavy atom. The summed E-state index contributed by atoms with van der Waals surface area (Å²) in [4.78, 5) is 78.2. The minimum absolute atomic E-state index is 0.0146. The number of hydrogen-bond acceptors (Lipinski definition) is 10. The topological polar surface area (TPSA) is 211 Å². The minimum Gasteiger partial charge on any atom is -0.493 e. The Hall–Kier alpha value is -5.97. The van der Waals surface area contributed by atoms with Gasteiger partial charge in [-0.15, -0.1) is 0 Å². The van der Waals surface area contributed by atoms with E-state index in [1.165, 1.54) is 9.58 Å². The van der Waals surface area contributed by atoms with Crippen LogP contribution in [0.1, 0.15) is 69.4 Å². The predicted molar refractivity (Wildman–Crippen MR) is 215 cm³/mol. The Bertz CT molecular complexity index is 2060. The van der Waals surface area contributed by atoms with Gasteiger partial charge in [-0.2, -0.15) is 5.10 Å². The van der Waals surface area contributed by atoms with Crippen LogP contribution in [0, 0.1) is 5.92 Å². The molecule has 3 heterocycles. The molecule has 0 spiro atoms. The number of amides is 5. The second-order valence-electron chi connectivity index (χ2n) is 14.3. The Labute approximate surface area is 337 Å². The summed E-state index contributed by atoms with van der Waals surface area (Å²) in [5.74, 6) is -0.878. The van der Waals surface area contributed by atoms with Gasteiger partial charge in [-0.1, -0.05) is 44.5 Å². The van der Waals surface area contributed by atoms with Crippen molar-refractivity contribution in [1.29, 1.82) is 0 Å². The van der Waals surface area contributed by atoms with E-state index in [9.17, 15) is 24.0 Å². The lowest BCUT2D eigenvalue weighted by molar-refractivity contribution is -0.138. The third kappa shape index (κ3) is 11.1. The first-order valence-corrected chi connectivity index (χ1v) is 19.7. The van der Waals surface area contributed by atoms with Crippen LogP contribution < -0.4 is 30.7 Å². The highest BCUT2D eigenvalue weighted by Crippen LogP contribution is 2.28. The van der Waals surface area contributed by atoms with Gasteiger partial charge in [0.2, 0.25) is 29.5 Å². The van der Waals surface area contributed by atoms with E-state index >= 15 is 0 Å². The van der Waals surface area contributed by atoms with E-state index in [4.69, 9.17) is 19.2 Å². The molecule has 312 valence electrons. The van der Waals surface area contributed by atoms with E-state index in [0.29, 0.717) is 36.2 Å². The van der Waals surface area contributed by atoms with Gasteiger partial charge in [0.15, 0.2) is 17.3 Å². The molecule has 17 nitrogen and oxygen atoms in total. The fourth-order valence-electron chi connectivity index (χ4n) is 6.83. The van der Waals surface area contributed by atoms with Crippen LogP contribution in [0.15, 0.2) is 48.7 Å². The summed E-state index contributed by atoms with van der Waals surface area (Å²) in [7, 11) is 3.10. The number of rotatable bonds is 12. The number of fused-ring (bicyclic) bond motifs is 2. The monoisotopic (exact) mass is 801 g/mol. The van der Waals surface area contributed by atoms with Gasteiger partial charge in [-0.3, -0.25) is 24.0 Å². The fraction of sp³-hybridized carbons (Fsp3) is 0.488. The number of hydrogen-bond donors (Lipinski definition) is 5. The number of carbonyl (C=O) groups is 5. The molecule has 4 aromatic rings. The first-order chi connectivity index (χ1) is 27.9. The van der Waals surface area contributed by atoms with Gasteiger partial charge in [0, 0.05) is 49.6 Å². The molecule has 0 aliphatic carbocycles. The van der Waals surface area contributed by atoms with Gasteiger partial charge in [0.25, 0.3) is 0 Å². The van der Waals surface area contributed by atoms with Gasteiger partial charge in [0.1, 0.15) is 24.5 Å². The van der Waals surface area contributed by atoms with Crippen LogP contribution in [0.2, 0.25) is 0 Å². The molecule has 5 N–H and O–H groups in total. The molecular weight excluding hydrogens is 747 g/mol. The molecule has 0 saturated heterocycles. The molecule has 5 rings (SSSR count). The molecular formula is C41H55N9O8. The van der Waals surface area contributed by atoms with Crippen molar-refractivity contribution in [3.8, 4) is 11.5 Å². The number of benzene rings is 2. The average Bonchev–Trinajstić information content (AvgIpc) is 3.81. The lowest BCUT2D eigenvalue weighted by atomic mass is 9.96. The highest BCUT2D eigenvalue weighted by Gasteiger charge is 2.33. The first kappa shape index (κ1) is 43.2. The SMILES string of the molecule is CCOCCC(=O)N1CCNC(=O)Cn2nc(Cc3ccc(OC)c(OC)c3)nc2[C@@H](C)NC(=O)[C@H]([C@@H](C)CC)NC(=O)[C@@H](Cc2c[nH]c3ccccc23)NC(=O)C1. The minimum atomic E-state index is -1.11. The number of nitrogens with one attached hydrogen (secondary N) is 5. The predicted octanol–water partition coefficient (Wildman–Crippen LogP) is 2.19. The second-order valence-corrected chi connectivity index (χ2v) is 14.3. The summed E-state index contributed by atoms with van der Waals surface area (Å²) >= 11 is 0. The van der Waals surface area contributed by atoms with Crippen molar-refractivity contribution in [2.75, 3.05) is 47.1 Å². The molecule has 58 heavy (non-hydrogen) atoms. The molecule has 0 saturated carbocycles. The molecule has 1 aliphatic rings. The van der Waals surface area contributed by atoms with Crippen molar-refractivity contribution in [3.05, 3.63) is 71.4 Å². The van der Waals surface area contributed by atoms with E-state index in [1.54, 1.807) is 33.4 Å². The largest absolute Gasteiger partial charge is 0.493 e. The third-order valence-corrected chi connectivity index (χ3v) is 10.2. The quantitative estimate of drug-likeness (QED) is 0.132. The lowest BCUT2D eigenvalue weighted by Crippen LogP contribution is -2.57. The molecule has 17 heteroatoms. The standard InChI is InChI=1S/C41H55N9O8/c1-7-25(3)38-41(55)44-26(4)39-46-34(20-27-13-14-32(56-5)33(19-27)57-6)48-50(39)24-35(51)42-16-17-49(37(53)15-18-58-8-2)23-36(52)45-31(40(54)47-38)21-28-22-43-30-12-10-9-11-29(28)30/h9-14,19,22,25-26,31,38,43H,7-8,15-18,20-21,23-24H2,1-6H3,(H,42,51)(H,44,55)(H,45,52)(H,47,54)/t25-,26+,31+,38-/m0/s1. The van der Waals surface area contributed by atoms with E-state index in [1.807, 2.05) is 57.2 Å². The van der Waals surface area contributed by atoms with Gasteiger partial charge in [0.05, 0.1) is 39.8 Å². The van der Waals surface area contributed by atoms with Crippen LogP contribution in [-0.4, -0.2) is 113 Å². The van der Waals surface area contributed by atoms with Gasteiger partial charge < -0.3 is 45.4 Å². The molecule has 1 aliphatic heterocycles. The molecule has 0 radical (unpaired) electrons. The van der Waals surface area contributed by atoms with Crippen molar-refractivity contribution in [2.24, 2.45) is 5.92 Å². The fourth-order valence-corrected chi connectivity index (χ4v) is 6.83. The van der Waals surface area contributed by atoms with Crippen LogP contribution in [-0.2, 0) is 48.1 Å². The van der Waals surface area contributed by atoms with Crippen LogP contribution in [0.25, 0.3) is 10.9 Å². The zero-order valence-corrected chi connectivity index (χ0v) is 34.1. The van der Waals surface area contributed by atoms with Crippen LogP contribution >= 0.6 is 0 Å². The summed E-state index contributed by atoms with van der Waals surface area (Å²) in [6.07, 6.45) is 2.75. The van der Waals surface area contributed by atoms with Crippen LogP contribution in [0.4, 0.5) is 0 Å². The van der Waals surface area contributed by atoms with E-state index < -0.39 is 41.8 Å². The molecule has 5 amide bonds. The van der Waals surface area contributed by atoms with E-state index in [-0.39, 0.29) is 63.9 Å². The third-order valence-electron chi connectivity index (χ3n) is 10.2. The molecule has 2 aromatic carbocycles. The maximum Gasteiger partial charge on any atom is 0.243 e. The van der Waals surface area contributed by atoms with Crippen molar-refractivity contribution >= 4 is 40.4 Å². The normalized spacial score (nSPS) is 19.2. The lowest BCUT2D eigenvalue weighted by Gasteiger charge is -2.28. The van der Waals surface area contributed by atoms with Crippen LogP contribution in [0.5, 0.6) is 11.5 Å². The molecule has 0 unspecified atom stereocenters. The van der Waals surface area contributed by atoms with Crippen molar-refractivity contribution < 1.29 is 38.2 Å². The van der Waals surface area contributed by atoms with Gasteiger partial charge >= 0.3 is 0 Å². The summed E-state index contributed by atoms with van der Waals surface area (Å²) in [5.41, 5.74) is 2.47. The van der Waals surface area contributed by atoms with Gasteiger partial charge in [-0.25, -0.2) is 9.67 Å². The van der Waals surface area contributed by atoms with Crippen molar-refractivity contribution in [2.45, 2.75) is 78.0 Å². The number of ether oxygens (including phenoxy) is 3. The smallest absolute Gasteiger partial charge is 0.243 e. The van der Waals surface area contributed by atoms with Crippen molar-refractivity contribution in [3.63, 3.8) is 0 Å². The molecule has 2 aromatic heterocycles. The highest BCUT2D eigenvalue weighted by molar-refractivity contribution is 5.94. The summed E-state index contributed by atoms with van der Waals surface area (Å²) in [5, 5.41) is 17.1. The first-order valence-electron chi connectivity index (χ1n) is 19.7. The number of carbonyl (C=O) groups excluding carboxylic acids is 5. The molecule has 4 atom stereocenters. The highest BCUT2D eigenvalue weighted by atomic mass is 16.5. The number of methoxy groups -OCH3 is 2. The Morgan fingerprint density at radius 2 is 1.72 bits per heavy atom. The maximum absolute atomic E-state index is 14.3. The van der Waals surface area contributed by atoms with Gasteiger partial charge in [-0.05, 0) is 49.1 Å². The summed E-state index contributed by atoms with van der Waals surface area (Å²) in [6.45, 7) is 7.32. The number of nitrogens with zero attached hydrogens (tertiary/aromatic N) is 4. The Balaban J connectivity index is 1.49.